The number of nitrogens with zero attached hydrogens (tertiary/aromatic N) is 3. The Morgan fingerprint density at radius 1 is 1.19 bits per heavy atom. The maximum Gasteiger partial charge on any atom is 0.262 e. The normalized spacial score (nSPS) is 23.4. The second kappa shape index (κ2) is 7.06. The van der Waals surface area contributed by atoms with E-state index in [9.17, 15) is 9.59 Å². The molecular formula is C20H25N3O2S. The van der Waals surface area contributed by atoms with Crippen molar-refractivity contribution in [1.29, 1.82) is 0 Å². The number of benzene rings is 1. The van der Waals surface area contributed by atoms with Gasteiger partial charge in [0.2, 0.25) is 5.91 Å². The molecule has 2 heterocycles. The Kier molecular flexibility index (Phi) is 4.78. The van der Waals surface area contributed by atoms with Crippen LogP contribution in [0.1, 0.15) is 39.2 Å². The predicted molar refractivity (Wildman–Crippen MR) is 105 cm³/mol. The number of carbonyl (C=O) groups excluding carboxylic acids is 1. The first-order chi connectivity index (χ1) is 12.5. The van der Waals surface area contributed by atoms with Crippen molar-refractivity contribution in [3.63, 3.8) is 0 Å². The first-order valence-electron chi connectivity index (χ1n) is 9.44. The van der Waals surface area contributed by atoms with Crippen LogP contribution in [0.4, 0.5) is 0 Å². The standard InChI is InChI=1S/C20H25N3O2S/c1-13-9-14(2)11-22(10-13)18(24)12-26-20-21-17-6-4-3-5-16(17)19(25)23(20)15-7-8-15/h3-6,13-15H,7-12H2,1-2H3/t13-,14-/m1/s1. The third kappa shape index (κ3) is 3.52. The van der Waals surface area contributed by atoms with E-state index in [2.05, 4.69) is 13.8 Å². The highest BCUT2D eigenvalue weighted by atomic mass is 32.2. The number of hydrogen-bond donors (Lipinski definition) is 0. The number of fused-ring (bicyclic) bond motifs is 1. The van der Waals surface area contributed by atoms with E-state index in [0.717, 1.165) is 25.9 Å². The molecule has 2 fully saturated rings. The van der Waals surface area contributed by atoms with Crippen LogP contribution in [0.3, 0.4) is 0 Å². The van der Waals surface area contributed by atoms with E-state index in [1.165, 1.54) is 18.2 Å². The van der Waals surface area contributed by atoms with Crippen molar-refractivity contribution in [3.8, 4) is 0 Å². The van der Waals surface area contributed by atoms with Gasteiger partial charge in [0.25, 0.3) is 5.56 Å². The maximum absolute atomic E-state index is 12.9. The molecule has 0 N–H and O–H groups in total. The van der Waals surface area contributed by atoms with Crippen LogP contribution in [0.15, 0.2) is 34.2 Å². The van der Waals surface area contributed by atoms with Crippen LogP contribution in [0.2, 0.25) is 0 Å². The fraction of sp³-hybridized carbons (Fsp3) is 0.550. The van der Waals surface area contributed by atoms with E-state index >= 15 is 0 Å². The van der Waals surface area contributed by atoms with Gasteiger partial charge in [-0.2, -0.15) is 0 Å². The lowest BCUT2D eigenvalue weighted by Crippen LogP contribution is -2.43. The molecule has 1 saturated carbocycles. The Bertz CT molecular complexity index is 880. The molecule has 138 valence electrons. The SMILES string of the molecule is C[C@@H]1C[C@@H](C)CN(C(=O)CSc2nc3ccccc3c(=O)n2C2CC2)C1. The average Bonchev–Trinajstić information content (AvgIpc) is 3.43. The molecule has 0 radical (unpaired) electrons. The highest BCUT2D eigenvalue weighted by molar-refractivity contribution is 7.99. The van der Waals surface area contributed by atoms with Gasteiger partial charge in [-0.25, -0.2) is 4.98 Å². The van der Waals surface area contributed by atoms with Crippen molar-refractivity contribution < 1.29 is 4.79 Å². The fourth-order valence-electron chi connectivity index (χ4n) is 3.97. The third-order valence-corrected chi connectivity index (χ3v) is 6.17. The summed E-state index contributed by atoms with van der Waals surface area (Å²) >= 11 is 1.41. The predicted octanol–water partition coefficient (Wildman–Crippen LogP) is 3.33. The molecular weight excluding hydrogens is 346 g/mol. The molecule has 5 nitrogen and oxygen atoms in total. The Morgan fingerprint density at radius 2 is 1.88 bits per heavy atom. The second-order valence-electron chi connectivity index (χ2n) is 7.85. The number of amides is 1. The number of para-hydroxylation sites is 1. The zero-order chi connectivity index (χ0) is 18.3. The lowest BCUT2D eigenvalue weighted by atomic mass is 9.92. The van der Waals surface area contributed by atoms with E-state index in [0.29, 0.717) is 33.6 Å². The van der Waals surface area contributed by atoms with E-state index in [1.54, 1.807) is 0 Å². The highest BCUT2D eigenvalue weighted by Crippen LogP contribution is 2.37. The van der Waals surface area contributed by atoms with Crippen LogP contribution in [0.25, 0.3) is 10.9 Å². The lowest BCUT2D eigenvalue weighted by molar-refractivity contribution is -0.130. The molecule has 0 spiro atoms. The summed E-state index contributed by atoms with van der Waals surface area (Å²) in [6.07, 6.45) is 3.22. The molecule has 2 aromatic rings. The van der Waals surface area contributed by atoms with E-state index in [1.807, 2.05) is 33.7 Å². The van der Waals surface area contributed by atoms with Gasteiger partial charge in [0, 0.05) is 19.1 Å². The third-order valence-electron chi connectivity index (χ3n) is 5.23. The van der Waals surface area contributed by atoms with Gasteiger partial charge in [-0.05, 0) is 43.2 Å². The van der Waals surface area contributed by atoms with Crippen molar-refractivity contribution in [2.75, 3.05) is 18.8 Å². The van der Waals surface area contributed by atoms with Gasteiger partial charge in [-0.1, -0.05) is 37.7 Å². The van der Waals surface area contributed by atoms with Gasteiger partial charge < -0.3 is 4.90 Å². The van der Waals surface area contributed by atoms with Gasteiger partial charge in [-0.3, -0.25) is 14.2 Å². The van der Waals surface area contributed by atoms with Crippen LogP contribution >= 0.6 is 11.8 Å². The summed E-state index contributed by atoms with van der Waals surface area (Å²) in [5, 5.41) is 1.34. The fourth-order valence-corrected chi connectivity index (χ4v) is 4.94. The zero-order valence-corrected chi connectivity index (χ0v) is 16.2. The molecule has 4 rings (SSSR count). The summed E-state index contributed by atoms with van der Waals surface area (Å²) in [5.41, 5.74) is 0.734. The Balaban J connectivity index is 1.56. The number of aromatic nitrogens is 2. The molecule has 0 unspecified atom stereocenters. The number of piperidine rings is 1. The Labute approximate surface area is 157 Å². The van der Waals surface area contributed by atoms with Crippen LogP contribution < -0.4 is 5.56 Å². The second-order valence-corrected chi connectivity index (χ2v) is 8.79. The molecule has 1 saturated heterocycles. The summed E-state index contributed by atoms with van der Waals surface area (Å²) in [6.45, 7) is 6.09. The van der Waals surface area contributed by atoms with Gasteiger partial charge in [-0.15, -0.1) is 0 Å². The zero-order valence-electron chi connectivity index (χ0n) is 15.4. The molecule has 6 heteroatoms. The first kappa shape index (κ1) is 17.6. The molecule has 26 heavy (non-hydrogen) atoms. The summed E-state index contributed by atoms with van der Waals surface area (Å²) in [7, 11) is 0. The lowest BCUT2D eigenvalue weighted by Gasteiger charge is -2.35. The van der Waals surface area contributed by atoms with Crippen LogP contribution in [-0.4, -0.2) is 39.2 Å². The minimum Gasteiger partial charge on any atom is -0.341 e. The summed E-state index contributed by atoms with van der Waals surface area (Å²) in [5.74, 6) is 1.60. The van der Waals surface area contributed by atoms with E-state index in [-0.39, 0.29) is 17.5 Å². The first-order valence-corrected chi connectivity index (χ1v) is 10.4. The van der Waals surface area contributed by atoms with Gasteiger partial charge in [0.05, 0.1) is 16.7 Å². The Morgan fingerprint density at radius 3 is 2.58 bits per heavy atom. The molecule has 1 aliphatic heterocycles. The van der Waals surface area contributed by atoms with Crippen molar-refractivity contribution in [2.45, 2.75) is 44.3 Å². The van der Waals surface area contributed by atoms with Gasteiger partial charge >= 0.3 is 0 Å². The number of hydrogen-bond acceptors (Lipinski definition) is 4. The molecule has 2 atom stereocenters. The van der Waals surface area contributed by atoms with Gasteiger partial charge in [0.1, 0.15) is 0 Å². The molecule has 1 aliphatic carbocycles. The summed E-state index contributed by atoms with van der Waals surface area (Å²) in [4.78, 5) is 32.3. The number of rotatable bonds is 4. The van der Waals surface area contributed by atoms with Crippen molar-refractivity contribution in [1.82, 2.24) is 14.5 Å². The number of likely N-dealkylation sites (tertiary alicyclic amines) is 1. The molecule has 1 amide bonds. The van der Waals surface area contributed by atoms with Crippen molar-refractivity contribution in [2.24, 2.45) is 11.8 Å². The maximum atomic E-state index is 12.9. The van der Waals surface area contributed by atoms with Crippen LogP contribution in [0, 0.1) is 11.8 Å². The summed E-state index contributed by atoms with van der Waals surface area (Å²) in [6, 6.07) is 7.71. The molecule has 2 aliphatic rings. The average molecular weight is 372 g/mol. The minimum absolute atomic E-state index is 0.0215. The number of carbonyl (C=O) groups is 1. The number of thioether (sulfide) groups is 1. The highest BCUT2D eigenvalue weighted by Gasteiger charge is 2.30. The largest absolute Gasteiger partial charge is 0.341 e. The molecule has 1 aromatic heterocycles. The van der Waals surface area contributed by atoms with E-state index < -0.39 is 0 Å². The van der Waals surface area contributed by atoms with Crippen molar-refractivity contribution in [3.05, 3.63) is 34.6 Å². The van der Waals surface area contributed by atoms with E-state index in [4.69, 9.17) is 4.98 Å². The van der Waals surface area contributed by atoms with Gasteiger partial charge in [0.15, 0.2) is 5.16 Å². The smallest absolute Gasteiger partial charge is 0.262 e. The monoisotopic (exact) mass is 371 g/mol. The van der Waals surface area contributed by atoms with Crippen LogP contribution in [0.5, 0.6) is 0 Å². The quantitative estimate of drug-likeness (QED) is 0.611. The summed E-state index contributed by atoms with van der Waals surface area (Å²) < 4.78 is 1.81. The Hall–Kier alpha value is -1.82. The van der Waals surface area contributed by atoms with Crippen LogP contribution in [-0.2, 0) is 4.79 Å². The molecule has 0 bridgehead atoms. The van der Waals surface area contributed by atoms with Crippen molar-refractivity contribution >= 4 is 28.6 Å². The minimum atomic E-state index is 0.0215. The topological polar surface area (TPSA) is 55.2 Å². The molecule has 1 aromatic carbocycles.